The molecule has 0 unspecified atom stereocenters. The van der Waals surface area contributed by atoms with Crippen LogP contribution in [0.15, 0.2) is 30.3 Å². The van der Waals surface area contributed by atoms with Gasteiger partial charge in [0.15, 0.2) is 17.8 Å². The van der Waals surface area contributed by atoms with Gasteiger partial charge in [-0.25, -0.2) is 4.39 Å². The van der Waals surface area contributed by atoms with Gasteiger partial charge in [-0.3, -0.25) is 4.79 Å². The molecule has 0 aliphatic heterocycles. The largest absolute Gasteiger partial charge is 0.493 e. The summed E-state index contributed by atoms with van der Waals surface area (Å²) in [7, 11) is 2.94. The molecule has 0 heterocycles. The standard InChI is InChI=1S/C15H12ClFO3/c1-19-14-5-9(8-18)12(7-15(14)20-2)11-4-3-10(16)6-13(11)17/h3-8H,1-2H3. The van der Waals surface area contributed by atoms with Gasteiger partial charge in [-0.15, -0.1) is 0 Å². The van der Waals surface area contributed by atoms with E-state index in [0.29, 0.717) is 33.9 Å². The Morgan fingerprint density at radius 1 is 1.05 bits per heavy atom. The van der Waals surface area contributed by atoms with Crippen LogP contribution in [-0.2, 0) is 0 Å². The van der Waals surface area contributed by atoms with E-state index in [2.05, 4.69) is 0 Å². The molecule has 0 bridgehead atoms. The minimum atomic E-state index is -0.507. The smallest absolute Gasteiger partial charge is 0.161 e. The van der Waals surface area contributed by atoms with E-state index in [9.17, 15) is 9.18 Å². The predicted molar refractivity (Wildman–Crippen MR) is 75.3 cm³/mol. The van der Waals surface area contributed by atoms with E-state index in [1.54, 1.807) is 12.1 Å². The van der Waals surface area contributed by atoms with Gasteiger partial charge >= 0.3 is 0 Å². The monoisotopic (exact) mass is 294 g/mol. The number of benzene rings is 2. The topological polar surface area (TPSA) is 35.5 Å². The highest BCUT2D eigenvalue weighted by Gasteiger charge is 2.15. The molecule has 0 aliphatic carbocycles. The van der Waals surface area contributed by atoms with Crippen molar-refractivity contribution < 1.29 is 18.7 Å². The lowest BCUT2D eigenvalue weighted by Crippen LogP contribution is -1.96. The number of hydrogen-bond donors (Lipinski definition) is 0. The summed E-state index contributed by atoms with van der Waals surface area (Å²) in [5.74, 6) is 0.322. The molecular formula is C15H12ClFO3. The van der Waals surface area contributed by atoms with Crippen molar-refractivity contribution in [3.8, 4) is 22.6 Å². The van der Waals surface area contributed by atoms with Crippen LogP contribution in [0.5, 0.6) is 11.5 Å². The first-order valence-electron chi connectivity index (χ1n) is 5.77. The van der Waals surface area contributed by atoms with Crippen LogP contribution >= 0.6 is 11.6 Å². The van der Waals surface area contributed by atoms with E-state index in [4.69, 9.17) is 21.1 Å². The van der Waals surface area contributed by atoms with Crippen LogP contribution in [0, 0.1) is 5.82 Å². The van der Waals surface area contributed by atoms with Crippen LogP contribution < -0.4 is 9.47 Å². The fourth-order valence-corrected chi connectivity index (χ4v) is 2.09. The van der Waals surface area contributed by atoms with Crippen molar-refractivity contribution >= 4 is 17.9 Å². The van der Waals surface area contributed by atoms with Gasteiger partial charge in [0.2, 0.25) is 0 Å². The van der Waals surface area contributed by atoms with Crippen LogP contribution in [-0.4, -0.2) is 20.5 Å². The van der Waals surface area contributed by atoms with Crippen molar-refractivity contribution in [3.63, 3.8) is 0 Å². The summed E-state index contributed by atoms with van der Waals surface area (Å²) < 4.78 is 24.3. The fourth-order valence-electron chi connectivity index (χ4n) is 1.93. The molecule has 2 aromatic carbocycles. The minimum Gasteiger partial charge on any atom is -0.493 e. The molecule has 0 radical (unpaired) electrons. The third-order valence-corrected chi connectivity index (χ3v) is 3.14. The second-order valence-corrected chi connectivity index (χ2v) is 4.47. The van der Waals surface area contributed by atoms with Crippen LogP contribution in [0.2, 0.25) is 5.02 Å². The Morgan fingerprint density at radius 3 is 2.25 bits per heavy atom. The maximum Gasteiger partial charge on any atom is 0.161 e. The SMILES string of the molecule is COc1cc(C=O)c(-c2ccc(Cl)cc2F)cc1OC. The van der Waals surface area contributed by atoms with E-state index in [1.165, 1.54) is 32.4 Å². The third-order valence-electron chi connectivity index (χ3n) is 2.90. The van der Waals surface area contributed by atoms with Crippen LogP contribution in [0.4, 0.5) is 4.39 Å². The molecule has 2 aromatic rings. The number of methoxy groups -OCH3 is 2. The average molecular weight is 295 g/mol. The van der Waals surface area contributed by atoms with E-state index < -0.39 is 5.82 Å². The Balaban J connectivity index is 2.68. The van der Waals surface area contributed by atoms with Crippen LogP contribution in [0.3, 0.4) is 0 Å². The van der Waals surface area contributed by atoms with E-state index in [1.807, 2.05) is 0 Å². The summed E-state index contributed by atoms with van der Waals surface area (Å²) >= 11 is 5.73. The molecule has 20 heavy (non-hydrogen) atoms. The number of carbonyl (C=O) groups excluding carboxylic acids is 1. The average Bonchev–Trinajstić information content (AvgIpc) is 2.46. The Labute approximate surface area is 120 Å². The van der Waals surface area contributed by atoms with Gasteiger partial charge in [-0.2, -0.15) is 0 Å². The first kappa shape index (κ1) is 14.3. The summed E-state index contributed by atoms with van der Waals surface area (Å²) in [5, 5.41) is 0.291. The second-order valence-electron chi connectivity index (χ2n) is 4.04. The molecule has 104 valence electrons. The Kier molecular flexibility index (Phi) is 4.25. The maximum absolute atomic E-state index is 14.0. The highest BCUT2D eigenvalue weighted by molar-refractivity contribution is 6.30. The normalized spacial score (nSPS) is 10.2. The fraction of sp³-hybridized carbons (Fsp3) is 0.133. The van der Waals surface area contributed by atoms with Gasteiger partial charge < -0.3 is 9.47 Å². The predicted octanol–water partition coefficient (Wildman–Crippen LogP) is 3.98. The zero-order chi connectivity index (χ0) is 14.7. The minimum absolute atomic E-state index is 0.275. The first-order chi connectivity index (χ1) is 9.60. The van der Waals surface area contributed by atoms with Crippen molar-refractivity contribution in [3.05, 3.63) is 46.7 Å². The van der Waals surface area contributed by atoms with Crippen molar-refractivity contribution in [2.24, 2.45) is 0 Å². The van der Waals surface area contributed by atoms with Crippen LogP contribution in [0.1, 0.15) is 10.4 Å². The number of rotatable bonds is 4. The van der Waals surface area contributed by atoms with Crippen LogP contribution in [0.25, 0.3) is 11.1 Å². The number of aldehydes is 1. The quantitative estimate of drug-likeness (QED) is 0.800. The van der Waals surface area contributed by atoms with Crippen molar-refractivity contribution in [1.82, 2.24) is 0 Å². The molecule has 0 saturated heterocycles. The van der Waals surface area contributed by atoms with Gasteiger partial charge in [-0.05, 0) is 35.9 Å². The molecule has 0 saturated carbocycles. The summed E-state index contributed by atoms with van der Waals surface area (Å²) in [4.78, 5) is 11.2. The van der Waals surface area contributed by atoms with Crippen molar-refractivity contribution in [2.45, 2.75) is 0 Å². The van der Waals surface area contributed by atoms with Gasteiger partial charge in [0.05, 0.1) is 14.2 Å². The van der Waals surface area contributed by atoms with Crippen molar-refractivity contribution in [2.75, 3.05) is 14.2 Å². The molecule has 0 aliphatic rings. The van der Waals surface area contributed by atoms with E-state index in [-0.39, 0.29) is 5.56 Å². The molecule has 3 nitrogen and oxygen atoms in total. The third kappa shape index (κ3) is 2.60. The first-order valence-corrected chi connectivity index (χ1v) is 6.15. The highest BCUT2D eigenvalue weighted by Crippen LogP contribution is 2.36. The molecule has 0 fully saturated rings. The molecule has 0 aromatic heterocycles. The Hall–Kier alpha value is -2.07. The molecule has 0 atom stereocenters. The molecule has 0 spiro atoms. The molecule has 0 N–H and O–H groups in total. The number of carbonyl (C=O) groups is 1. The number of ether oxygens (including phenoxy) is 2. The summed E-state index contributed by atoms with van der Waals surface area (Å²) in [6.07, 6.45) is 0.644. The number of halogens is 2. The summed E-state index contributed by atoms with van der Waals surface area (Å²) in [6, 6.07) is 7.35. The summed E-state index contributed by atoms with van der Waals surface area (Å²) in [6.45, 7) is 0. The van der Waals surface area contributed by atoms with E-state index in [0.717, 1.165) is 0 Å². The lowest BCUT2D eigenvalue weighted by molar-refractivity contribution is 0.112. The highest BCUT2D eigenvalue weighted by atomic mass is 35.5. The van der Waals surface area contributed by atoms with Crippen molar-refractivity contribution in [1.29, 1.82) is 0 Å². The van der Waals surface area contributed by atoms with E-state index >= 15 is 0 Å². The van der Waals surface area contributed by atoms with Gasteiger partial charge in [0, 0.05) is 16.1 Å². The molecule has 2 rings (SSSR count). The molecule has 0 amide bonds. The molecular weight excluding hydrogens is 283 g/mol. The van der Waals surface area contributed by atoms with Gasteiger partial charge in [0.25, 0.3) is 0 Å². The summed E-state index contributed by atoms with van der Waals surface area (Å²) in [5.41, 5.74) is 1.01. The molecule has 5 heteroatoms. The second kappa shape index (κ2) is 5.92. The zero-order valence-electron chi connectivity index (χ0n) is 10.9. The Bertz CT molecular complexity index is 656. The number of hydrogen-bond acceptors (Lipinski definition) is 3. The zero-order valence-corrected chi connectivity index (χ0v) is 11.7. The maximum atomic E-state index is 14.0. The van der Waals surface area contributed by atoms with Gasteiger partial charge in [-0.1, -0.05) is 11.6 Å². The lowest BCUT2D eigenvalue weighted by Gasteiger charge is -2.13. The van der Waals surface area contributed by atoms with Gasteiger partial charge in [0.1, 0.15) is 5.82 Å². The lowest BCUT2D eigenvalue weighted by atomic mass is 9.99. The Morgan fingerprint density at radius 2 is 1.70 bits per heavy atom.